The third-order valence-electron chi connectivity index (χ3n) is 2.42. The van der Waals surface area contributed by atoms with Crippen LogP contribution in [0.25, 0.3) is 0 Å². The first-order valence-electron chi connectivity index (χ1n) is 4.67. The Morgan fingerprint density at radius 1 is 1.36 bits per heavy atom. The molecule has 1 rings (SSSR count). The Bertz CT molecular complexity index is 299. The minimum atomic E-state index is -2.89. The van der Waals surface area contributed by atoms with E-state index in [1.54, 1.807) is 16.8 Å². The summed E-state index contributed by atoms with van der Waals surface area (Å²) in [6.07, 6.45) is 0. The summed E-state index contributed by atoms with van der Waals surface area (Å²) in [7, 11) is -1.18. The monoisotopic (exact) mass is 220 g/mol. The maximum Gasteiger partial charge on any atom is 0.319 e. The Morgan fingerprint density at radius 2 is 1.86 bits per heavy atom. The molecule has 1 aliphatic rings. The maximum absolute atomic E-state index is 11.6. The number of carbonyl (C=O) groups excluding carboxylic acids is 1. The van der Waals surface area contributed by atoms with E-state index in [1.807, 2.05) is 6.92 Å². The predicted octanol–water partition coefficient (Wildman–Crippen LogP) is -0.211. The Hall–Kier alpha value is -0.780. The van der Waals surface area contributed by atoms with Crippen molar-refractivity contribution in [2.24, 2.45) is 0 Å². The molecule has 0 saturated carbocycles. The van der Waals surface area contributed by atoms with Gasteiger partial charge in [0.25, 0.3) is 0 Å². The second kappa shape index (κ2) is 4.16. The van der Waals surface area contributed by atoms with Crippen LogP contribution in [0.15, 0.2) is 0 Å². The van der Waals surface area contributed by atoms with Crippen molar-refractivity contribution in [2.45, 2.75) is 6.92 Å². The molecular formula is C8H16N2O3S. The van der Waals surface area contributed by atoms with E-state index in [-0.39, 0.29) is 17.5 Å². The van der Waals surface area contributed by atoms with Crippen LogP contribution in [0.5, 0.6) is 0 Å². The van der Waals surface area contributed by atoms with Crippen molar-refractivity contribution >= 4 is 15.9 Å². The molecule has 0 radical (unpaired) electrons. The van der Waals surface area contributed by atoms with Crippen molar-refractivity contribution in [3.63, 3.8) is 0 Å². The van der Waals surface area contributed by atoms with E-state index < -0.39 is 9.84 Å². The van der Waals surface area contributed by atoms with Gasteiger partial charge in [0.1, 0.15) is 0 Å². The Balaban J connectivity index is 2.54. The van der Waals surface area contributed by atoms with Crippen molar-refractivity contribution in [1.29, 1.82) is 0 Å². The predicted molar refractivity (Wildman–Crippen MR) is 53.9 cm³/mol. The molecule has 1 saturated heterocycles. The second-order valence-electron chi connectivity index (χ2n) is 3.44. The maximum atomic E-state index is 11.6. The number of urea groups is 1. The van der Waals surface area contributed by atoms with Crippen LogP contribution in [0, 0.1) is 0 Å². The molecule has 0 aromatic rings. The molecule has 1 heterocycles. The van der Waals surface area contributed by atoms with Crippen molar-refractivity contribution in [2.75, 3.05) is 38.2 Å². The first-order valence-corrected chi connectivity index (χ1v) is 6.49. The summed E-state index contributed by atoms with van der Waals surface area (Å²) in [5, 5.41) is 0. The molecule has 2 amide bonds. The van der Waals surface area contributed by atoms with Gasteiger partial charge in [-0.05, 0) is 6.92 Å². The lowest BCUT2D eigenvalue weighted by atomic mass is 10.5. The van der Waals surface area contributed by atoms with E-state index >= 15 is 0 Å². The van der Waals surface area contributed by atoms with Crippen LogP contribution in [-0.4, -0.2) is 62.4 Å². The highest BCUT2D eigenvalue weighted by atomic mass is 32.2. The van der Waals surface area contributed by atoms with Gasteiger partial charge in [0, 0.05) is 26.7 Å². The summed E-state index contributed by atoms with van der Waals surface area (Å²) in [5.41, 5.74) is 0. The molecule has 0 aliphatic carbocycles. The topological polar surface area (TPSA) is 57.7 Å². The molecule has 1 aliphatic heterocycles. The third-order valence-corrected chi connectivity index (χ3v) is 4.02. The third kappa shape index (κ3) is 2.60. The summed E-state index contributed by atoms with van der Waals surface area (Å²) < 4.78 is 22.2. The summed E-state index contributed by atoms with van der Waals surface area (Å²) in [4.78, 5) is 14.8. The fraction of sp³-hybridized carbons (Fsp3) is 0.875. The SMILES string of the molecule is CCN(C)C(=O)N1CCS(=O)(=O)CC1. The highest BCUT2D eigenvalue weighted by molar-refractivity contribution is 7.91. The van der Waals surface area contributed by atoms with E-state index in [0.29, 0.717) is 19.6 Å². The molecule has 0 aromatic carbocycles. The van der Waals surface area contributed by atoms with Gasteiger partial charge >= 0.3 is 6.03 Å². The summed E-state index contributed by atoms with van der Waals surface area (Å²) >= 11 is 0. The average Bonchev–Trinajstić information content (AvgIpc) is 2.15. The van der Waals surface area contributed by atoms with Gasteiger partial charge in [-0.3, -0.25) is 0 Å². The fourth-order valence-electron chi connectivity index (χ4n) is 1.28. The molecular weight excluding hydrogens is 204 g/mol. The minimum Gasteiger partial charge on any atom is -0.328 e. The van der Waals surface area contributed by atoms with E-state index in [0.717, 1.165) is 0 Å². The zero-order valence-electron chi connectivity index (χ0n) is 8.56. The second-order valence-corrected chi connectivity index (χ2v) is 5.74. The van der Waals surface area contributed by atoms with Gasteiger partial charge in [0.2, 0.25) is 0 Å². The number of amides is 2. The number of sulfone groups is 1. The highest BCUT2D eigenvalue weighted by Gasteiger charge is 2.26. The first-order chi connectivity index (χ1) is 6.46. The van der Waals surface area contributed by atoms with Crippen LogP contribution in [0.2, 0.25) is 0 Å². The van der Waals surface area contributed by atoms with Crippen LogP contribution in [0.1, 0.15) is 6.92 Å². The molecule has 0 unspecified atom stereocenters. The normalized spacial score (nSPS) is 20.6. The van der Waals surface area contributed by atoms with Gasteiger partial charge in [-0.1, -0.05) is 0 Å². The van der Waals surface area contributed by atoms with Crippen LogP contribution in [0.3, 0.4) is 0 Å². The molecule has 82 valence electrons. The summed E-state index contributed by atoms with van der Waals surface area (Å²) in [5.74, 6) is 0.187. The number of hydrogen-bond acceptors (Lipinski definition) is 3. The lowest BCUT2D eigenvalue weighted by molar-refractivity contribution is 0.169. The number of nitrogens with zero attached hydrogens (tertiary/aromatic N) is 2. The van der Waals surface area contributed by atoms with E-state index in [2.05, 4.69) is 0 Å². The van der Waals surface area contributed by atoms with Gasteiger partial charge in [0.15, 0.2) is 9.84 Å². The van der Waals surface area contributed by atoms with Gasteiger partial charge < -0.3 is 9.80 Å². The molecule has 0 spiro atoms. The van der Waals surface area contributed by atoms with Gasteiger partial charge in [0.05, 0.1) is 11.5 Å². The Morgan fingerprint density at radius 3 is 2.29 bits per heavy atom. The molecule has 1 fully saturated rings. The van der Waals surface area contributed by atoms with Crippen molar-refractivity contribution in [3.05, 3.63) is 0 Å². The first kappa shape index (κ1) is 11.3. The molecule has 0 bridgehead atoms. The molecule has 0 atom stereocenters. The minimum absolute atomic E-state index is 0.0811. The number of rotatable bonds is 1. The number of hydrogen-bond donors (Lipinski definition) is 0. The van der Waals surface area contributed by atoms with Crippen molar-refractivity contribution in [1.82, 2.24) is 9.80 Å². The smallest absolute Gasteiger partial charge is 0.319 e. The number of carbonyl (C=O) groups is 1. The van der Waals surface area contributed by atoms with Gasteiger partial charge in [-0.2, -0.15) is 0 Å². The summed E-state index contributed by atoms with van der Waals surface area (Å²) in [6.45, 7) is 3.18. The summed E-state index contributed by atoms with van der Waals surface area (Å²) in [6, 6.07) is -0.0811. The van der Waals surface area contributed by atoms with Crippen LogP contribution in [0.4, 0.5) is 4.79 Å². The van der Waals surface area contributed by atoms with E-state index in [1.165, 1.54) is 0 Å². The molecule has 5 nitrogen and oxygen atoms in total. The fourth-order valence-corrected chi connectivity index (χ4v) is 2.48. The zero-order valence-corrected chi connectivity index (χ0v) is 9.38. The molecule has 6 heteroatoms. The van der Waals surface area contributed by atoms with Crippen LogP contribution < -0.4 is 0 Å². The average molecular weight is 220 g/mol. The quantitative estimate of drug-likeness (QED) is 0.614. The molecule has 0 aromatic heterocycles. The molecule has 14 heavy (non-hydrogen) atoms. The van der Waals surface area contributed by atoms with Gasteiger partial charge in [-0.15, -0.1) is 0 Å². The molecule has 0 N–H and O–H groups in total. The van der Waals surface area contributed by atoms with Gasteiger partial charge in [-0.25, -0.2) is 13.2 Å². The standard InChI is InChI=1S/C8H16N2O3S/c1-3-9(2)8(11)10-4-6-14(12,13)7-5-10/h3-7H2,1-2H3. The van der Waals surface area contributed by atoms with Crippen molar-refractivity contribution in [3.8, 4) is 0 Å². The van der Waals surface area contributed by atoms with E-state index in [4.69, 9.17) is 0 Å². The van der Waals surface area contributed by atoms with E-state index in [9.17, 15) is 13.2 Å². The lowest BCUT2D eigenvalue weighted by Gasteiger charge is -2.30. The van der Waals surface area contributed by atoms with Crippen LogP contribution in [-0.2, 0) is 9.84 Å². The largest absolute Gasteiger partial charge is 0.328 e. The zero-order chi connectivity index (χ0) is 10.8. The Labute approximate surface area is 84.6 Å². The Kier molecular flexibility index (Phi) is 3.36. The lowest BCUT2D eigenvalue weighted by Crippen LogP contribution is -2.48. The van der Waals surface area contributed by atoms with Crippen LogP contribution >= 0.6 is 0 Å². The van der Waals surface area contributed by atoms with Crippen molar-refractivity contribution < 1.29 is 13.2 Å². The highest BCUT2D eigenvalue weighted by Crippen LogP contribution is 2.05.